The highest BCUT2D eigenvalue weighted by molar-refractivity contribution is 9.10. The fourth-order valence-electron chi connectivity index (χ4n) is 7.93. The van der Waals surface area contributed by atoms with Gasteiger partial charge in [0.25, 0.3) is 0 Å². The molecule has 10 heterocycles. The Morgan fingerprint density at radius 1 is 0.467 bits per heavy atom. The molecule has 0 radical (unpaired) electrons. The van der Waals surface area contributed by atoms with Crippen molar-refractivity contribution >= 4 is 124 Å². The number of methoxy groups -OCH3 is 3. The summed E-state index contributed by atoms with van der Waals surface area (Å²) in [5.74, 6) is 2.56. The van der Waals surface area contributed by atoms with Gasteiger partial charge in [0, 0.05) is 111 Å². The number of aryl methyl sites for hydroxylation is 1. The molecule has 0 spiro atoms. The van der Waals surface area contributed by atoms with Crippen LogP contribution in [0.3, 0.4) is 0 Å². The number of anilines is 7. The van der Waals surface area contributed by atoms with Crippen molar-refractivity contribution in [3.8, 4) is 22.6 Å². The Balaban J connectivity index is 0.000000166. The molecule has 0 bridgehead atoms. The molecule has 13 N–H and O–H groups in total. The first-order valence-electron chi connectivity index (χ1n) is 27.1. The number of pyridine rings is 8. The van der Waals surface area contributed by atoms with Crippen molar-refractivity contribution in [1.29, 1.82) is 0 Å². The van der Waals surface area contributed by atoms with Crippen molar-refractivity contribution in [3.63, 3.8) is 0 Å². The molecule has 0 atom stereocenters. The number of rotatable bonds is 17. The topological polar surface area (TPSA) is 384 Å². The van der Waals surface area contributed by atoms with E-state index in [0.717, 1.165) is 21.3 Å². The standard InChI is InChI=1S/C19H18N4O3.C14H15BrN4O2.C12H10BrN3O.2C10H8N2OS/c1-25-15-5-3-11(8-16(15)26-2)13-7-14(19(21)23-10-13)18(24)12-4-6-17(20)22-9-12;1-21-5-4-17-12-3-2-9(7-18-12)13(20)11-6-10(15)8-19-14(11)16;1-7-2-3-8(5-15-7)11(17)10-4-9(13)6-16-12(10)14;11-10-7(3-1-5-12-10)9(13)8-4-2-6-14-8;11-10-8(2-1-4-12-10)9(13)7-3-5-14-6-7/h3-10H,1-2H3,(H2,20,22)(H2,21,23);2-3,6-8H,4-5H2,1H3,(H2,16,19)(H,17,18);2-6H,1H3,(H2,14,16);2*1-6H,(H2,11,12). The van der Waals surface area contributed by atoms with Gasteiger partial charge in [0.2, 0.25) is 5.78 Å². The molecule has 0 unspecified atom stereocenters. The van der Waals surface area contributed by atoms with E-state index in [1.807, 2.05) is 35.9 Å². The Labute approximate surface area is 553 Å². The lowest BCUT2D eigenvalue weighted by Gasteiger charge is -2.11. The van der Waals surface area contributed by atoms with Gasteiger partial charge in [-0.3, -0.25) is 29.0 Å². The summed E-state index contributed by atoms with van der Waals surface area (Å²) in [6.07, 6.45) is 12.3. The maximum atomic E-state index is 12.7. The molecule has 11 aromatic rings. The largest absolute Gasteiger partial charge is 0.493 e. The predicted molar refractivity (Wildman–Crippen MR) is 365 cm³/mol. The Morgan fingerprint density at radius 3 is 1.49 bits per heavy atom. The zero-order chi connectivity index (χ0) is 66.3. The summed E-state index contributed by atoms with van der Waals surface area (Å²) in [4.78, 5) is 93.6. The van der Waals surface area contributed by atoms with Crippen LogP contribution in [0.15, 0.2) is 190 Å². The number of halogens is 2. The number of ketones is 5. The van der Waals surface area contributed by atoms with Crippen molar-refractivity contribution in [2.45, 2.75) is 6.92 Å². The second-order valence-electron chi connectivity index (χ2n) is 18.9. The second kappa shape index (κ2) is 33.8. The fourth-order valence-corrected chi connectivity index (χ4v) is 9.90. The van der Waals surface area contributed by atoms with E-state index in [1.54, 1.807) is 155 Å². The van der Waals surface area contributed by atoms with Crippen LogP contribution >= 0.6 is 54.5 Å². The lowest BCUT2D eigenvalue weighted by molar-refractivity contribution is 0.103. The molecule has 0 saturated carbocycles. The molecule has 0 fully saturated rings. The zero-order valence-corrected chi connectivity index (χ0v) is 54.4. The summed E-state index contributed by atoms with van der Waals surface area (Å²) < 4.78 is 16.9. The van der Waals surface area contributed by atoms with Crippen LogP contribution in [0.4, 0.5) is 40.7 Å². The predicted octanol–water partition coefficient (Wildman–Crippen LogP) is 10.9. The summed E-state index contributed by atoms with van der Waals surface area (Å²) in [6, 6.07) is 32.7. The van der Waals surface area contributed by atoms with Crippen molar-refractivity contribution in [1.82, 2.24) is 39.9 Å². The third kappa shape index (κ3) is 18.9. The first-order valence-corrected chi connectivity index (χ1v) is 30.5. The van der Waals surface area contributed by atoms with Crippen LogP contribution < -0.4 is 49.2 Å². The number of nitrogen functional groups attached to an aromatic ring is 6. The Bertz CT molecular complexity index is 4230. The molecule has 1 aromatic carbocycles. The minimum Gasteiger partial charge on any atom is -0.493 e. The summed E-state index contributed by atoms with van der Waals surface area (Å²) in [6.45, 7) is 3.10. The molecule has 92 heavy (non-hydrogen) atoms. The monoisotopic (exact) mass is 1400 g/mol. The fraction of sp³-hybridized carbons (Fsp3) is 0.0923. The number of ether oxygens (including phenoxy) is 3. The van der Waals surface area contributed by atoms with Crippen LogP contribution in [0.25, 0.3) is 11.1 Å². The molecular formula is C65H59Br2N15O8S2. The number of aromatic nitrogens is 8. The molecule has 0 aliphatic rings. The van der Waals surface area contributed by atoms with Crippen LogP contribution in [0.1, 0.15) is 84.6 Å². The van der Waals surface area contributed by atoms with Crippen LogP contribution in [-0.2, 0) is 4.74 Å². The first-order chi connectivity index (χ1) is 44.3. The summed E-state index contributed by atoms with van der Waals surface area (Å²) in [5.41, 5.74) is 40.5. The third-order valence-corrected chi connectivity index (χ3v) is 15.1. The molecule has 0 aliphatic heterocycles. The van der Waals surface area contributed by atoms with Gasteiger partial charge in [0.05, 0.1) is 53.5 Å². The minimum atomic E-state index is -0.273. The Kier molecular flexibility index (Phi) is 25.2. The van der Waals surface area contributed by atoms with E-state index in [9.17, 15) is 24.0 Å². The number of benzene rings is 1. The number of nitrogens with zero attached hydrogens (tertiary/aromatic N) is 8. The third-order valence-electron chi connectivity index (χ3n) is 12.7. The maximum Gasteiger partial charge on any atom is 0.206 e. The van der Waals surface area contributed by atoms with Gasteiger partial charge in [0.1, 0.15) is 40.7 Å². The average molecular weight is 1400 g/mol. The zero-order valence-electron chi connectivity index (χ0n) is 49.6. The molecular weight excluding hydrogens is 1340 g/mol. The summed E-state index contributed by atoms with van der Waals surface area (Å²) in [5, 5.41) is 8.60. The molecule has 0 aliphatic carbocycles. The minimum absolute atomic E-state index is 0.0643. The SMILES string of the molecule is COCCNc1ccc(C(=O)c2cc(Br)cnc2N)cn1.COc1ccc(-c2cnc(N)c(C(=O)c3ccc(N)nc3)c2)cc1OC.Cc1ccc(C(=O)c2cc(Br)cnc2N)cn1.Nc1ncccc1C(=O)c1cccs1.Nc1ncccc1C(=O)c1ccsc1. The van der Waals surface area contributed by atoms with Gasteiger partial charge in [-0.2, -0.15) is 11.3 Å². The van der Waals surface area contributed by atoms with Gasteiger partial charge in [-0.25, -0.2) is 34.9 Å². The van der Waals surface area contributed by atoms with E-state index in [-0.39, 0.29) is 58.0 Å². The molecule has 468 valence electrons. The van der Waals surface area contributed by atoms with Gasteiger partial charge >= 0.3 is 0 Å². The van der Waals surface area contributed by atoms with Gasteiger partial charge in [-0.15, -0.1) is 11.3 Å². The van der Waals surface area contributed by atoms with Crippen molar-refractivity contribution in [3.05, 3.63) is 251 Å². The lowest BCUT2D eigenvalue weighted by atomic mass is 10.0. The maximum absolute atomic E-state index is 12.7. The number of hydrogen-bond donors (Lipinski definition) is 7. The second-order valence-corrected chi connectivity index (χ2v) is 22.5. The van der Waals surface area contributed by atoms with Gasteiger partial charge in [-0.05, 0) is 158 Å². The van der Waals surface area contributed by atoms with Crippen molar-refractivity contribution in [2.75, 3.05) is 74.2 Å². The number of carbonyl (C=O) groups is 5. The van der Waals surface area contributed by atoms with E-state index in [1.165, 1.54) is 41.3 Å². The smallest absolute Gasteiger partial charge is 0.206 e. The van der Waals surface area contributed by atoms with E-state index < -0.39 is 0 Å². The van der Waals surface area contributed by atoms with Gasteiger partial charge < -0.3 is 53.9 Å². The number of carbonyl (C=O) groups excluding carboxylic acids is 5. The molecule has 23 nitrogen and oxygen atoms in total. The highest BCUT2D eigenvalue weighted by Crippen LogP contribution is 2.33. The molecule has 10 aromatic heterocycles. The quantitative estimate of drug-likeness (QED) is 0.0329. The number of nitrogens with two attached hydrogens (primary N) is 6. The van der Waals surface area contributed by atoms with Crippen LogP contribution in [0.5, 0.6) is 11.5 Å². The molecule has 0 saturated heterocycles. The molecule has 11 rings (SSSR count). The van der Waals surface area contributed by atoms with E-state index in [4.69, 9.17) is 48.6 Å². The Morgan fingerprint density at radius 2 is 1.00 bits per heavy atom. The van der Waals surface area contributed by atoms with Crippen molar-refractivity contribution in [2.24, 2.45) is 0 Å². The normalized spacial score (nSPS) is 10.2. The summed E-state index contributed by atoms with van der Waals surface area (Å²) in [7, 11) is 4.76. The van der Waals surface area contributed by atoms with Crippen molar-refractivity contribution < 1.29 is 38.2 Å². The summed E-state index contributed by atoms with van der Waals surface area (Å²) >= 11 is 9.43. The van der Waals surface area contributed by atoms with Crippen LogP contribution in [-0.4, -0.2) is 103 Å². The first kappa shape index (κ1) is 68.8. The van der Waals surface area contributed by atoms with Gasteiger partial charge in [-0.1, -0.05) is 12.1 Å². The average Bonchev–Trinajstić information content (AvgIpc) is 1.26. The molecule has 27 heteroatoms. The number of nitrogens with one attached hydrogen (secondary N) is 1. The van der Waals surface area contributed by atoms with Gasteiger partial charge in [0.15, 0.2) is 34.6 Å². The number of hydrogen-bond acceptors (Lipinski definition) is 25. The highest BCUT2D eigenvalue weighted by Gasteiger charge is 2.19. The highest BCUT2D eigenvalue weighted by atomic mass is 79.9. The number of thiophene rings is 2. The lowest BCUT2D eigenvalue weighted by Crippen LogP contribution is -2.10. The Hall–Kier alpha value is -10.7. The van der Waals surface area contributed by atoms with E-state index in [2.05, 4.69) is 77.0 Å². The van der Waals surface area contributed by atoms with Crippen LogP contribution in [0, 0.1) is 6.92 Å². The molecule has 0 amide bonds. The van der Waals surface area contributed by atoms with Crippen LogP contribution in [0.2, 0.25) is 0 Å². The van der Waals surface area contributed by atoms with E-state index >= 15 is 0 Å². The van der Waals surface area contributed by atoms with E-state index in [0.29, 0.717) is 95.7 Å².